The van der Waals surface area contributed by atoms with Gasteiger partial charge in [0.25, 0.3) is 5.91 Å². The van der Waals surface area contributed by atoms with Crippen molar-refractivity contribution in [2.45, 2.75) is 26.3 Å². The number of nitrogens with zero attached hydrogens (tertiary/aromatic N) is 1. The second kappa shape index (κ2) is 4.63. The van der Waals surface area contributed by atoms with Crippen LogP contribution >= 0.6 is 0 Å². The van der Waals surface area contributed by atoms with Crippen molar-refractivity contribution in [3.05, 3.63) is 17.8 Å². The van der Waals surface area contributed by atoms with Gasteiger partial charge in [-0.1, -0.05) is 6.92 Å². The molecule has 0 saturated carbocycles. The lowest BCUT2D eigenvalue weighted by molar-refractivity contribution is 0.0995. The fraction of sp³-hybridized carbons (Fsp3) is 0.400. The van der Waals surface area contributed by atoms with Crippen molar-refractivity contribution in [2.24, 2.45) is 5.73 Å². The van der Waals surface area contributed by atoms with Crippen LogP contribution in [0.1, 0.15) is 30.8 Å². The minimum atomic E-state index is -0.554. The number of aromatic nitrogens is 1. The van der Waals surface area contributed by atoms with E-state index in [1.165, 1.54) is 6.07 Å². The van der Waals surface area contributed by atoms with E-state index < -0.39 is 5.91 Å². The molecule has 0 spiro atoms. The lowest BCUT2D eigenvalue weighted by Crippen LogP contribution is -2.19. The van der Waals surface area contributed by atoms with E-state index in [0.29, 0.717) is 11.5 Å². The van der Waals surface area contributed by atoms with Gasteiger partial charge in [-0.15, -0.1) is 0 Å². The SMILES string of the molecule is CCC(C)Nc1nc(C(N)=O)ccc1N. The summed E-state index contributed by atoms with van der Waals surface area (Å²) >= 11 is 0. The van der Waals surface area contributed by atoms with Gasteiger partial charge in [-0.25, -0.2) is 4.98 Å². The molecule has 0 aliphatic rings. The van der Waals surface area contributed by atoms with Crippen LogP contribution < -0.4 is 16.8 Å². The van der Waals surface area contributed by atoms with Gasteiger partial charge >= 0.3 is 0 Å². The number of carbonyl (C=O) groups excluding carboxylic acids is 1. The number of hydrogen-bond donors (Lipinski definition) is 3. The van der Waals surface area contributed by atoms with E-state index in [2.05, 4.69) is 10.3 Å². The molecule has 82 valence electrons. The number of anilines is 2. The molecule has 1 aromatic rings. The average molecular weight is 208 g/mol. The molecular weight excluding hydrogens is 192 g/mol. The largest absolute Gasteiger partial charge is 0.396 e. The number of pyridine rings is 1. The Morgan fingerprint density at radius 1 is 1.60 bits per heavy atom. The van der Waals surface area contributed by atoms with E-state index in [9.17, 15) is 4.79 Å². The maximum absolute atomic E-state index is 10.9. The molecule has 5 nitrogen and oxygen atoms in total. The monoisotopic (exact) mass is 208 g/mol. The Morgan fingerprint density at radius 3 is 2.80 bits per heavy atom. The summed E-state index contributed by atoms with van der Waals surface area (Å²) in [5, 5.41) is 3.11. The highest BCUT2D eigenvalue weighted by Crippen LogP contribution is 2.17. The second-order valence-corrected chi connectivity index (χ2v) is 3.45. The highest BCUT2D eigenvalue weighted by Gasteiger charge is 2.08. The predicted octanol–water partition coefficient (Wildman–Crippen LogP) is 0.973. The second-order valence-electron chi connectivity index (χ2n) is 3.45. The standard InChI is InChI=1S/C10H16N4O/c1-3-6(2)13-10-7(11)4-5-8(14-10)9(12)15/h4-6H,3,11H2,1-2H3,(H2,12,15)(H,13,14). The van der Waals surface area contributed by atoms with Crippen molar-refractivity contribution in [2.75, 3.05) is 11.1 Å². The number of primary amides is 1. The summed E-state index contributed by atoms with van der Waals surface area (Å²) in [7, 11) is 0. The van der Waals surface area contributed by atoms with Crippen molar-refractivity contribution < 1.29 is 4.79 Å². The first-order valence-corrected chi connectivity index (χ1v) is 4.87. The van der Waals surface area contributed by atoms with Gasteiger partial charge in [0.1, 0.15) is 11.5 Å². The minimum absolute atomic E-state index is 0.218. The molecule has 0 aromatic carbocycles. The molecule has 1 rings (SSSR count). The molecule has 1 atom stereocenters. The van der Waals surface area contributed by atoms with Crippen LogP contribution in [-0.2, 0) is 0 Å². The molecule has 0 fully saturated rings. The molecule has 0 saturated heterocycles. The Kier molecular flexibility index (Phi) is 3.49. The number of hydrogen-bond acceptors (Lipinski definition) is 4. The first kappa shape index (κ1) is 11.3. The van der Waals surface area contributed by atoms with Crippen molar-refractivity contribution in [3.63, 3.8) is 0 Å². The zero-order chi connectivity index (χ0) is 11.4. The summed E-state index contributed by atoms with van der Waals surface area (Å²) in [6.07, 6.45) is 0.946. The van der Waals surface area contributed by atoms with Gasteiger partial charge < -0.3 is 16.8 Å². The van der Waals surface area contributed by atoms with Crippen LogP contribution in [0.4, 0.5) is 11.5 Å². The van der Waals surface area contributed by atoms with Crippen molar-refractivity contribution in [1.29, 1.82) is 0 Å². The van der Waals surface area contributed by atoms with Gasteiger partial charge in [0.2, 0.25) is 0 Å². The number of nitrogens with two attached hydrogens (primary N) is 2. The van der Waals surface area contributed by atoms with Crippen LogP contribution in [0.15, 0.2) is 12.1 Å². The fourth-order valence-electron chi connectivity index (χ4n) is 1.06. The summed E-state index contributed by atoms with van der Waals surface area (Å²) in [6.45, 7) is 4.06. The van der Waals surface area contributed by atoms with Crippen molar-refractivity contribution in [3.8, 4) is 0 Å². The van der Waals surface area contributed by atoms with Crippen LogP contribution in [0.5, 0.6) is 0 Å². The Labute approximate surface area is 88.9 Å². The first-order valence-electron chi connectivity index (χ1n) is 4.87. The predicted molar refractivity (Wildman–Crippen MR) is 60.5 cm³/mol. The molecule has 1 amide bonds. The molecule has 0 bridgehead atoms. The van der Waals surface area contributed by atoms with E-state index in [0.717, 1.165) is 6.42 Å². The van der Waals surface area contributed by atoms with Gasteiger partial charge in [0.15, 0.2) is 0 Å². The molecule has 5 N–H and O–H groups in total. The van der Waals surface area contributed by atoms with Gasteiger partial charge in [0, 0.05) is 6.04 Å². The minimum Gasteiger partial charge on any atom is -0.396 e. The number of nitrogens with one attached hydrogen (secondary N) is 1. The van der Waals surface area contributed by atoms with Gasteiger partial charge in [-0.3, -0.25) is 4.79 Å². The number of carbonyl (C=O) groups is 1. The summed E-state index contributed by atoms with van der Waals surface area (Å²) in [5.41, 5.74) is 11.6. The highest BCUT2D eigenvalue weighted by molar-refractivity contribution is 5.91. The average Bonchev–Trinajstić information content (AvgIpc) is 2.20. The fourth-order valence-corrected chi connectivity index (χ4v) is 1.06. The van der Waals surface area contributed by atoms with E-state index in [1.807, 2.05) is 13.8 Å². The molecule has 1 aromatic heterocycles. The van der Waals surface area contributed by atoms with Gasteiger partial charge in [-0.2, -0.15) is 0 Å². The highest BCUT2D eigenvalue weighted by atomic mass is 16.1. The third-order valence-corrected chi connectivity index (χ3v) is 2.17. The van der Waals surface area contributed by atoms with E-state index >= 15 is 0 Å². The van der Waals surface area contributed by atoms with Crippen LogP contribution in [0.3, 0.4) is 0 Å². The van der Waals surface area contributed by atoms with Gasteiger partial charge in [-0.05, 0) is 25.5 Å². The van der Waals surface area contributed by atoms with Crippen LogP contribution in [0.2, 0.25) is 0 Å². The molecule has 0 aliphatic heterocycles. The third kappa shape index (κ3) is 2.83. The molecule has 1 heterocycles. The quantitative estimate of drug-likeness (QED) is 0.687. The smallest absolute Gasteiger partial charge is 0.267 e. The van der Waals surface area contributed by atoms with E-state index in [-0.39, 0.29) is 11.7 Å². The van der Waals surface area contributed by atoms with Crippen LogP contribution in [0.25, 0.3) is 0 Å². The number of amides is 1. The molecule has 15 heavy (non-hydrogen) atoms. The Morgan fingerprint density at radius 2 is 2.27 bits per heavy atom. The van der Waals surface area contributed by atoms with Crippen LogP contribution in [-0.4, -0.2) is 16.9 Å². The van der Waals surface area contributed by atoms with Crippen molar-refractivity contribution in [1.82, 2.24) is 4.98 Å². The maximum atomic E-state index is 10.9. The zero-order valence-corrected chi connectivity index (χ0v) is 8.95. The number of rotatable bonds is 4. The normalized spacial score (nSPS) is 12.1. The molecule has 0 aliphatic carbocycles. The molecule has 0 radical (unpaired) electrons. The van der Waals surface area contributed by atoms with E-state index in [4.69, 9.17) is 11.5 Å². The lowest BCUT2D eigenvalue weighted by atomic mass is 10.2. The number of nitrogen functional groups attached to an aromatic ring is 1. The summed E-state index contributed by atoms with van der Waals surface area (Å²) < 4.78 is 0. The maximum Gasteiger partial charge on any atom is 0.267 e. The zero-order valence-electron chi connectivity index (χ0n) is 8.95. The van der Waals surface area contributed by atoms with Gasteiger partial charge in [0.05, 0.1) is 5.69 Å². The van der Waals surface area contributed by atoms with Crippen LogP contribution in [0, 0.1) is 0 Å². The summed E-state index contributed by atoms with van der Waals surface area (Å²) in [4.78, 5) is 15.0. The van der Waals surface area contributed by atoms with Crippen molar-refractivity contribution >= 4 is 17.4 Å². The summed E-state index contributed by atoms with van der Waals surface area (Å²) in [5.74, 6) is -0.0390. The van der Waals surface area contributed by atoms with E-state index in [1.54, 1.807) is 6.07 Å². The Balaban J connectivity index is 2.95. The molecular formula is C10H16N4O. The Hall–Kier alpha value is -1.78. The Bertz CT molecular complexity index is 364. The first-order chi connectivity index (χ1) is 7.04. The third-order valence-electron chi connectivity index (χ3n) is 2.17. The lowest BCUT2D eigenvalue weighted by Gasteiger charge is -2.14. The molecule has 5 heteroatoms. The molecule has 1 unspecified atom stereocenters. The topological polar surface area (TPSA) is 94.0 Å². The summed E-state index contributed by atoms with van der Waals surface area (Å²) in [6, 6.07) is 3.39.